The fourth-order valence-corrected chi connectivity index (χ4v) is 3.63. The van der Waals surface area contributed by atoms with E-state index in [4.69, 9.17) is 4.42 Å². The average Bonchev–Trinajstić information content (AvgIpc) is 2.89. The number of anilines is 1. The summed E-state index contributed by atoms with van der Waals surface area (Å²) in [7, 11) is 0. The van der Waals surface area contributed by atoms with Gasteiger partial charge in [0, 0.05) is 17.4 Å². The van der Waals surface area contributed by atoms with Gasteiger partial charge in [0.15, 0.2) is 11.1 Å². The summed E-state index contributed by atoms with van der Waals surface area (Å²) in [5, 5.41) is 14.9. The molecular formula is C14H17N3O3S. The fraction of sp³-hybridized carbons (Fsp3) is 0.500. The van der Waals surface area contributed by atoms with E-state index in [0.29, 0.717) is 28.4 Å². The maximum atomic E-state index is 11.0. The zero-order valence-electron chi connectivity index (χ0n) is 11.7. The Labute approximate surface area is 126 Å². The molecule has 1 heterocycles. The van der Waals surface area contributed by atoms with Crippen molar-refractivity contribution in [2.24, 2.45) is 0 Å². The predicted molar refractivity (Wildman–Crippen MR) is 83.8 cm³/mol. The van der Waals surface area contributed by atoms with Crippen LogP contribution in [0.1, 0.15) is 25.7 Å². The molecule has 1 aromatic carbocycles. The molecule has 7 heteroatoms. The maximum absolute atomic E-state index is 11.0. The lowest BCUT2D eigenvalue weighted by Gasteiger charge is -2.27. The van der Waals surface area contributed by atoms with E-state index in [1.807, 2.05) is 11.8 Å². The van der Waals surface area contributed by atoms with Crippen LogP contribution in [-0.4, -0.2) is 27.5 Å². The number of non-ortho nitro benzene ring substituents is 1. The predicted octanol–water partition coefficient (Wildman–Crippen LogP) is 3.82. The van der Waals surface area contributed by atoms with Gasteiger partial charge in [0.1, 0.15) is 0 Å². The molecule has 1 aliphatic rings. The summed E-state index contributed by atoms with van der Waals surface area (Å²) >= 11 is 1.89. The molecule has 0 amide bonds. The van der Waals surface area contributed by atoms with E-state index in [-0.39, 0.29) is 5.69 Å². The number of para-hydroxylation sites is 1. The lowest BCUT2D eigenvalue weighted by atomic mass is 9.95. The number of fused-ring (bicyclic) bond motifs is 1. The van der Waals surface area contributed by atoms with E-state index >= 15 is 0 Å². The quantitative estimate of drug-likeness (QED) is 0.683. The largest absolute Gasteiger partial charge is 0.423 e. The Kier molecular flexibility index (Phi) is 4.01. The maximum Gasteiger partial charge on any atom is 0.298 e. The molecule has 2 aromatic rings. The Morgan fingerprint density at radius 2 is 2.33 bits per heavy atom. The molecule has 1 aliphatic carbocycles. The number of nitrogens with one attached hydrogen (secondary N) is 1. The van der Waals surface area contributed by atoms with Crippen LogP contribution in [0.25, 0.3) is 11.1 Å². The second-order valence-corrected chi connectivity index (χ2v) is 6.40. The third kappa shape index (κ3) is 2.97. The van der Waals surface area contributed by atoms with Gasteiger partial charge in [-0.2, -0.15) is 16.7 Å². The Hall–Kier alpha value is -1.76. The number of hydrogen-bond donors (Lipinski definition) is 1. The van der Waals surface area contributed by atoms with E-state index in [1.165, 1.54) is 18.9 Å². The van der Waals surface area contributed by atoms with Crippen LogP contribution in [0.15, 0.2) is 22.6 Å². The first-order valence-corrected chi connectivity index (χ1v) is 8.29. The first-order chi connectivity index (χ1) is 10.2. The Balaban J connectivity index is 1.81. The van der Waals surface area contributed by atoms with Gasteiger partial charge in [0.05, 0.1) is 4.92 Å². The van der Waals surface area contributed by atoms with Crippen molar-refractivity contribution in [3.8, 4) is 0 Å². The number of aromatic nitrogens is 1. The molecule has 0 bridgehead atoms. The van der Waals surface area contributed by atoms with Crippen LogP contribution in [0.5, 0.6) is 0 Å². The van der Waals surface area contributed by atoms with Crippen molar-refractivity contribution >= 4 is 34.6 Å². The Morgan fingerprint density at radius 3 is 3.10 bits per heavy atom. The summed E-state index contributed by atoms with van der Waals surface area (Å²) < 4.78 is 5.60. The number of thioether (sulfide) groups is 1. The molecule has 2 unspecified atom stereocenters. The van der Waals surface area contributed by atoms with Crippen LogP contribution in [0, 0.1) is 10.1 Å². The average molecular weight is 307 g/mol. The van der Waals surface area contributed by atoms with Crippen molar-refractivity contribution in [3.63, 3.8) is 0 Å². The number of hydrogen-bond acceptors (Lipinski definition) is 6. The van der Waals surface area contributed by atoms with E-state index in [1.54, 1.807) is 12.1 Å². The lowest BCUT2D eigenvalue weighted by molar-refractivity contribution is -0.383. The number of rotatable bonds is 4. The smallest absolute Gasteiger partial charge is 0.298 e. The Morgan fingerprint density at radius 1 is 1.48 bits per heavy atom. The topological polar surface area (TPSA) is 81.2 Å². The summed E-state index contributed by atoms with van der Waals surface area (Å²) in [4.78, 5) is 14.8. The molecule has 0 aliphatic heterocycles. The van der Waals surface area contributed by atoms with Crippen LogP contribution >= 0.6 is 11.8 Å². The fourth-order valence-electron chi connectivity index (χ4n) is 2.81. The highest BCUT2D eigenvalue weighted by Gasteiger charge is 2.23. The van der Waals surface area contributed by atoms with Gasteiger partial charge in [-0.1, -0.05) is 12.5 Å². The minimum absolute atomic E-state index is 0.0186. The van der Waals surface area contributed by atoms with Gasteiger partial charge in [0.25, 0.3) is 11.7 Å². The first-order valence-electron chi connectivity index (χ1n) is 7.00. The monoisotopic (exact) mass is 307 g/mol. The third-order valence-corrected chi connectivity index (χ3v) is 4.98. The highest BCUT2D eigenvalue weighted by Crippen LogP contribution is 2.31. The summed E-state index contributed by atoms with van der Waals surface area (Å²) in [6, 6.07) is 5.46. The van der Waals surface area contributed by atoms with Gasteiger partial charge in [-0.15, -0.1) is 0 Å². The van der Waals surface area contributed by atoms with Gasteiger partial charge >= 0.3 is 0 Å². The van der Waals surface area contributed by atoms with E-state index in [9.17, 15) is 10.1 Å². The lowest BCUT2D eigenvalue weighted by Crippen LogP contribution is -2.28. The van der Waals surface area contributed by atoms with E-state index in [2.05, 4.69) is 16.6 Å². The van der Waals surface area contributed by atoms with Crippen LogP contribution in [-0.2, 0) is 0 Å². The first kappa shape index (κ1) is 14.2. The van der Waals surface area contributed by atoms with Gasteiger partial charge in [-0.25, -0.2) is 0 Å². The van der Waals surface area contributed by atoms with Crippen molar-refractivity contribution in [2.75, 3.05) is 11.6 Å². The van der Waals surface area contributed by atoms with Crippen molar-refractivity contribution < 1.29 is 9.34 Å². The summed E-state index contributed by atoms with van der Waals surface area (Å²) in [6.45, 7) is 0. The van der Waals surface area contributed by atoms with Crippen molar-refractivity contribution in [2.45, 2.75) is 37.0 Å². The molecule has 0 radical (unpaired) electrons. The molecule has 1 N–H and O–H groups in total. The van der Waals surface area contributed by atoms with E-state index < -0.39 is 4.92 Å². The van der Waals surface area contributed by atoms with Crippen molar-refractivity contribution in [1.82, 2.24) is 4.98 Å². The summed E-state index contributed by atoms with van der Waals surface area (Å²) in [5.41, 5.74) is 0.737. The molecule has 21 heavy (non-hydrogen) atoms. The molecular weight excluding hydrogens is 290 g/mol. The highest BCUT2D eigenvalue weighted by atomic mass is 32.2. The number of benzene rings is 1. The molecule has 1 fully saturated rings. The minimum Gasteiger partial charge on any atom is -0.423 e. The van der Waals surface area contributed by atoms with Crippen LogP contribution in [0.3, 0.4) is 0 Å². The molecule has 2 atom stereocenters. The third-order valence-electron chi connectivity index (χ3n) is 3.88. The van der Waals surface area contributed by atoms with Crippen molar-refractivity contribution in [3.05, 3.63) is 28.3 Å². The molecule has 3 rings (SSSR count). The SMILES string of the molecule is CSC1CCCC(Nc2nc3c([N+](=O)[O-])cccc3o2)C1. The molecule has 1 aromatic heterocycles. The second kappa shape index (κ2) is 5.93. The zero-order valence-corrected chi connectivity index (χ0v) is 12.6. The van der Waals surface area contributed by atoms with E-state index in [0.717, 1.165) is 12.8 Å². The minimum atomic E-state index is -0.432. The molecule has 112 valence electrons. The number of nitrogens with zero attached hydrogens (tertiary/aromatic N) is 2. The molecule has 0 saturated heterocycles. The van der Waals surface area contributed by atoms with Gasteiger partial charge in [-0.3, -0.25) is 10.1 Å². The number of nitro groups is 1. The van der Waals surface area contributed by atoms with Gasteiger partial charge in [0.2, 0.25) is 0 Å². The summed E-state index contributed by atoms with van der Waals surface area (Å²) in [6.07, 6.45) is 6.72. The number of nitro benzene ring substituents is 1. The van der Waals surface area contributed by atoms with Crippen LogP contribution in [0.2, 0.25) is 0 Å². The van der Waals surface area contributed by atoms with Crippen LogP contribution < -0.4 is 5.32 Å². The molecule has 0 spiro atoms. The zero-order chi connectivity index (χ0) is 14.8. The summed E-state index contributed by atoms with van der Waals surface area (Å²) in [5.74, 6) is 0. The molecule has 6 nitrogen and oxygen atoms in total. The van der Waals surface area contributed by atoms with Crippen LogP contribution in [0.4, 0.5) is 11.7 Å². The van der Waals surface area contributed by atoms with Gasteiger partial charge < -0.3 is 9.73 Å². The van der Waals surface area contributed by atoms with Gasteiger partial charge in [-0.05, 0) is 31.6 Å². The Bertz CT molecular complexity index is 658. The van der Waals surface area contributed by atoms with Crippen molar-refractivity contribution in [1.29, 1.82) is 0 Å². The second-order valence-electron chi connectivity index (χ2n) is 5.27. The standard InChI is InChI=1S/C14H17N3O3S/c1-21-10-5-2-4-9(8-10)15-14-16-13-11(17(18)19)6-3-7-12(13)20-14/h3,6-7,9-10H,2,4-5,8H2,1H3,(H,15,16). The number of oxazole rings is 1. The molecule has 1 saturated carbocycles. The highest BCUT2D eigenvalue weighted by molar-refractivity contribution is 7.99. The normalized spacial score (nSPS) is 22.3.